The number of hydrogen-bond acceptors (Lipinski definition) is 3. The second kappa shape index (κ2) is 7.30. The summed E-state index contributed by atoms with van der Waals surface area (Å²) in [6.07, 6.45) is 1.19. The average molecular weight is 349 g/mol. The molecule has 4 rings (SSSR count). The number of nitrogens with one attached hydrogen (secondary N) is 1. The Morgan fingerprint density at radius 2 is 1.73 bits per heavy atom. The number of piperazine rings is 1. The van der Waals surface area contributed by atoms with Crippen LogP contribution in [0, 0.1) is 0 Å². The summed E-state index contributed by atoms with van der Waals surface area (Å²) < 4.78 is 0. The van der Waals surface area contributed by atoms with Crippen LogP contribution < -0.4 is 5.32 Å². The summed E-state index contributed by atoms with van der Waals surface area (Å²) in [4.78, 5) is 28.6. The molecule has 0 bridgehead atoms. The van der Waals surface area contributed by atoms with Crippen LogP contribution >= 0.6 is 0 Å². The molecule has 0 radical (unpaired) electrons. The highest BCUT2D eigenvalue weighted by molar-refractivity contribution is 5.98. The summed E-state index contributed by atoms with van der Waals surface area (Å²) >= 11 is 0. The number of rotatable bonds is 3. The lowest BCUT2D eigenvalue weighted by Crippen LogP contribution is -2.48. The Balaban J connectivity index is 1.37. The number of nitrogens with zero attached hydrogens (tertiary/aromatic N) is 2. The predicted molar refractivity (Wildman–Crippen MR) is 101 cm³/mol. The van der Waals surface area contributed by atoms with Crippen molar-refractivity contribution in [2.75, 3.05) is 31.5 Å². The van der Waals surface area contributed by atoms with Gasteiger partial charge in [0.15, 0.2) is 0 Å². The summed E-state index contributed by atoms with van der Waals surface area (Å²) in [7, 11) is 0. The van der Waals surface area contributed by atoms with Crippen molar-refractivity contribution in [1.82, 2.24) is 9.80 Å². The molecule has 1 saturated heterocycles. The van der Waals surface area contributed by atoms with Crippen LogP contribution in [0.4, 0.5) is 5.69 Å². The van der Waals surface area contributed by atoms with Crippen LogP contribution in [0.2, 0.25) is 0 Å². The van der Waals surface area contributed by atoms with Crippen LogP contribution in [0.5, 0.6) is 0 Å². The van der Waals surface area contributed by atoms with Crippen molar-refractivity contribution >= 4 is 17.5 Å². The fourth-order valence-electron chi connectivity index (χ4n) is 3.65. The number of carbonyl (C=O) groups excluding carboxylic acids is 2. The standard InChI is InChI=1S/C21H23N3O2/c25-20-9-7-17-14-18(6-8-19(17)22-20)21(26)24-12-10-23(11-13-24)15-16-4-2-1-3-5-16/h1-6,8,14H,7,9-13,15H2,(H,22,25). The van der Waals surface area contributed by atoms with Gasteiger partial charge in [-0.2, -0.15) is 0 Å². The molecule has 2 aromatic rings. The zero-order valence-electron chi connectivity index (χ0n) is 14.8. The number of anilines is 1. The van der Waals surface area contributed by atoms with Crippen molar-refractivity contribution in [2.24, 2.45) is 0 Å². The molecule has 2 aliphatic heterocycles. The van der Waals surface area contributed by atoms with Gasteiger partial charge in [0.2, 0.25) is 5.91 Å². The third kappa shape index (κ3) is 3.63. The van der Waals surface area contributed by atoms with Crippen LogP contribution in [-0.4, -0.2) is 47.8 Å². The minimum absolute atomic E-state index is 0.0473. The molecule has 5 nitrogen and oxygen atoms in total. The molecule has 2 aliphatic rings. The predicted octanol–water partition coefficient (Wildman–Crippen LogP) is 2.53. The summed E-state index contributed by atoms with van der Waals surface area (Å²) in [5.41, 5.74) is 3.92. The maximum atomic E-state index is 12.8. The fourth-order valence-corrected chi connectivity index (χ4v) is 3.65. The topological polar surface area (TPSA) is 52.7 Å². The van der Waals surface area contributed by atoms with Crippen LogP contribution in [0.25, 0.3) is 0 Å². The fraction of sp³-hybridized carbons (Fsp3) is 0.333. The second-order valence-electron chi connectivity index (χ2n) is 6.97. The van der Waals surface area contributed by atoms with Gasteiger partial charge in [-0.15, -0.1) is 0 Å². The first-order chi connectivity index (χ1) is 12.7. The Hall–Kier alpha value is -2.66. The molecule has 0 unspecified atom stereocenters. The molecule has 0 spiro atoms. The molecule has 1 fully saturated rings. The first-order valence-corrected chi connectivity index (χ1v) is 9.17. The average Bonchev–Trinajstić information content (AvgIpc) is 2.68. The van der Waals surface area contributed by atoms with Crippen molar-refractivity contribution in [1.29, 1.82) is 0 Å². The van der Waals surface area contributed by atoms with Gasteiger partial charge in [-0.25, -0.2) is 0 Å². The van der Waals surface area contributed by atoms with Gasteiger partial charge in [-0.1, -0.05) is 30.3 Å². The molecular weight excluding hydrogens is 326 g/mol. The first-order valence-electron chi connectivity index (χ1n) is 9.17. The largest absolute Gasteiger partial charge is 0.336 e. The highest BCUT2D eigenvalue weighted by Crippen LogP contribution is 2.24. The maximum Gasteiger partial charge on any atom is 0.253 e. The summed E-state index contributed by atoms with van der Waals surface area (Å²) in [5.74, 6) is 0.134. The van der Waals surface area contributed by atoms with Gasteiger partial charge in [0, 0.05) is 50.4 Å². The van der Waals surface area contributed by atoms with E-state index in [-0.39, 0.29) is 11.8 Å². The molecule has 2 amide bonds. The highest BCUT2D eigenvalue weighted by atomic mass is 16.2. The first kappa shape index (κ1) is 16.8. The summed E-state index contributed by atoms with van der Waals surface area (Å²) in [6.45, 7) is 4.21. The number of fused-ring (bicyclic) bond motifs is 1. The minimum Gasteiger partial charge on any atom is -0.336 e. The van der Waals surface area contributed by atoms with Crippen molar-refractivity contribution in [3.8, 4) is 0 Å². The smallest absolute Gasteiger partial charge is 0.253 e. The Labute approximate surface area is 153 Å². The zero-order chi connectivity index (χ0) is 17.9. The van der Waals surface area contributed by atoms with Crippen LogP contribution in [-0.2, 0) is 17.8 Å². The lowest BCUT2D eigenvalue weighted by Gasteiger charge is -2.35. The lowest BCUT2D eigenvalue weighted by atomic mass is 10.00. The van der Waals surface area contributed by atoms with Gasteiger partial charge < -0.3 is 10.2 Å². The van der Waals surface area contributed by atoms with Crippen molar-refractivity contribution in [2.45, 2.75) is 19.4 Å². The van der Waals surface area contributed by atoms with E-state index in [4.69, 9.17) is 0 Å². The van der Waals surface area contributed by atoms with Crippen molar-refractivity contribution in [3.63, 3.8) is 0 Å². The number of amides is 2. The Kier molecular flexibility index (Phi) is 4.71. The molecule has 0 atom stereocenters. The van der Waals surface area contributed by atoms with E-state index in [2.05, 4.69) is 34.5 Å². The number of carbonyl (C=O) groups is 2. The maximum absolute atomic E-state index is 12.8. The van der Waals surface area contributed by atoms with Gasteiger partial charge in [0.05, 0.1) is 0 Å². The van der Waals surface area contributed by atoms with Crippen LogP contribution in [0.1, 0.15) is 27.9 Å². The number of aryl methyl sites for hydroxylation is 1. The second-order valence-corrected chi connectivity index (χ2v) is 6.97. The SMILES string of the molecule is O=C1CCc2cc(C(=O)N3CCN(Cc4ccccc4)CC3)ccc2N1. The summed E-state index contributed by atoms with van der Waals surface area (Å²) in [6, 6.07) is 16.1. The van der Waals surface area contributed by atoms with Gasteiger partial charge in [-0.3, -0.25) is 14.5 Å². The summed E-state index contributed by atoms with van der Waals surface area (Å²) in [5, 5.41) is 2.86. The van der Waals surface area contributed by atoms with Gasteiger partial charge >= 0.3 is 0 Å². The lowest BCUT2D eigenvalue weighted by molar-refractivity contribution is -0.116. The minimum atomic E-state index is 0.0473. The molecule has 0 aromatic heterocycles. The third-order valence-electron chi connectivity index (χ3n) is 5.16. The Morgan fingerprint density at radius 1 is 0.962 bits per heavy atom. The normalized spacial score (nSPS) is 17.5. The monoisotopic (exact) mass is 349 g/mol. The van der Waals surface area contributed by atoms with E-state index < -0.39 is 0 Å². The van der Waals surface area contributed by atoms with Gasteiger partial charge in [0.25, 0.3) is 5.91 Å². The Morgan fingerprint density at radius 3 is 2.50 bits per heavy atom. The van der Waals surface area contributed by atoms with Gasteiger partial charge in [0.1, 0.15) is 0 Å². The van der Waals surface area contributed by atoms with E-state index in [0.717, 1.165) is 49.5 Å². The number of hydrogen-bond donors (Lipinski definition) is 1. The molecule has 134 valence electrons. The van der Waals surface area contributed by atoms with E-state index in [1.165, 1.54) is 5.56 Å². The molecule has 1 N–H and O–H groups in total. The third-order valence-corrected chi connectivity index (χ3v) is 5.16. The molecular formula is C21H23N3O2. The van der Waals surface area contributed by atoms with E-state index in [9.17, 15) is 9.59 Å². The van der Waals surface area contributed by atoms with E-state index in [0.29, 0.717) is 12.8 Å². The van der Waals surface area contributed by atoms with E-state index in [1.807, 2.05) is 29.2 Å². The molecule has 0 aliphatic carbocycles. The van der Waals surface area contributed by atoms with E-state index >= 15 is 0 Å². The van der Waals surface area contributed by atoms with Crippen LogP contribution in [0.3, 0.4) is 0 Å². The molecule has 2 aromatic carbocycles. The quantitative estimate of drug-likeness (QED) is 0.926. The van der Waals surface area contributed by atoms with Gasteiger partial charge in [-0.05, 0) is 35.7 Å². The molecule has 2 heterocycles. The highest BCUT2D eigenvalue weighted by Gasteiger charge is 2.23. The zero-order valence-corrected chi connectivity index (χ0v) is 14.8. The Bertz CT molecular complexity index is 811. The molecule has 0 saturated carbocycles. The molecule has 5 heteroatoms. The van der Waals surface area contributed by atoms with Crippen molar-refractivity contribution in [3.05, 3.63) is 65.2 Å². The van der Waals surface area contributed by atoms with E-state index in [1.54, 1.807) is 0 Å². The van der Waals surface area contributed by atoms with Crippen molar-refractivity contribution < 1.29 is 9.59 Å². The van der Waals surface area contributed by atoms with Crippen LogP contribution in [0.15, 0.2) is 48.5 Å². The number of benzene rings is 2. The molecule has 26 heavy (non-hydrogen) atoms.